The van der Waals surface area contributed by atoms with Crippen molar-refractivity contribution in [3.63, 3.8) is 0 Å². The molecule has 0 saturated carbocycles. The van der Waals surface area contributed by atoms with E-state index < -0.39 is 0 Å². The molecule has 196 valence electrons. The van der Waals surface area contributed by atoms with Gasteiger partial charge >= 0.3 is 0 Å². The molecule has 1 aliphatic heterocycles. The highest BCUT2D eigenvalue weighted by Crippen LogP contribution is 2.41. The number of nitrogens with two attached hydrogens (primary N) is 1. The van der Waals surface area contributed by atoms with Crippen molar-refractivity contribution in [1.82, 2.24) is 14.5 Å². The van der Waals surface area contributed by atoms with Crippen molar-refractivity contribution in [2.75, 3.05) is 5.73 Å². The zero-order valence-electron chi connectivity index (χ0n) is 21.8. The molecule has 0 spiro atoms. The molecule has 0 bridgehead atoms. The molecular formula is C31H28N4O4. The van der Waals surface area contributed by atoms with Crippen LogP contribution in [-0.4, -0.2) is 20.3 Å². The molecule has 39 heavy (non-hydrogen) atoms. The molecule has 0 saturated heterocycles. The fraction of sp³-hybridized carbons (Fsp3) is 0.194. The number of aromatic nitrogens is 3. The van der Waals surface area contributed by atoms with Crippen molar-refractivity contribution in [1.29, 1.82) is 0 Å². The molecule has 1 atom stereocenters. The maximum Gasteiger partial charge on any atom is 0.151 e. The monoisotopic (exact) mass is 520 g/mol. The topological polar surface area (TPSA) is 101 Å². The van der Waals surface area contributed by atoms with Crippen molar-refractivity contribution < 1.29 is 19.0 Å². The van der Waals surface area contributed by atoms with Crippen LogP contribution < -0.4 is 15.2 Å². The van der Waals surface area contributed by atoms with Crippen LogP contribution in [0.3, 0.4) is 0 Å². The van der Waals surface area contributed by atoms with E-state index in [-0.39, 0.29) is 11.9 Å². The first-order valence-corrected chi connectivity index (χ1v) is 12.8. The first-order valence-electron chi connectivity index (χ1n) is 12.8. The number of nitrogen functional groups attached to an aromatic ring is 1. The lowest BCUT2D eigenvalue weighted by Crippen LogP contribution is -2.03. The number of ether oxygens (including phenoxy) is 3. The summed E-state index contributed by atoms with van der Waals surface area (Å²) >= 11 is 0. The van der Waals surface area contributed by atoms with Crippen LogP contribution in [0.1, 0.15) is 42.3 Å². The van der Waals surface area contributed by atoms with Gasteiger partial charge in [0.2, 0.25) is 0 Å². The van der Waals surface area contributed by atoms with Crippen LogP contribution in [0.4, 0.5) is 5.82 Å². The van der Waals surface area contributed by atoms with Gasteiger partial charge in [0.15, 0.2) is 5.82 Å². The minimum Gasteiger partial charge on any atom is -0.489 e. The molecule has 6 rings (SSSR count). The highest BCUT2D eigenvalue weighted by Gasteiger charge is 2.30. The fourth-order valence-electron chi connectivity index (χ4n) is 5.05. The Morgan fingerprint density at radius 3 is 2.59 bits per heavy atom. The van der Waals surface area contributed by atoms with E-state index in [1.807, 2.05) is 79.7 Å². The molecule has 0 aliphatic carbocycles. The highest BCUT2D eigenvalue weighted by molar-refractivity contribution is 5.91. The molecule has 2 N–H and O–H groups in total. The highest BCUT2D eigenvalue weighted by atomic mass is 16.5. The molecule has 0 amide bonds. The largest absolute Gasteiger partial charge is 0.489 e. The second-order valence-corrected chi connectivity index (χ2v) is 9.66. The number of rotatable bonds is 8. The van der Waals surface area contributed by atoms with Crippen LogP contribution >= 0.6 is 0 Å². The summed E-state index contributed by atoms with van der Waals surface area (Å²) < 4.78 is 20.1. The number of benzene rings is 3. The van der Waals surface area contributed by atoms with Crippen molar-refractivity contribution in [3.05, 3.63) is 102 Å². The Kier molecular flexibility index (Phi) is 6.46. The Morgan fingerprint density at radius 1 is 1.00 bits per heavy atom. The third-order valence-electron chi connectivity index (χ3n) is 6.77. The Labute approximate surface area is 226 Å². The van der Waals surface area contributed by atoms with Crippen LogP contribution in [0, 0.1) is 0 Å². The lowest BCUT2D eigenvalue weighted by atomic mass is 10.1. The zero-order valence-corrected chi connectivity index (χ0v) is 21.8. The number of ketones is 1. The van der Waals surface area contributed by atoms with Crippen molar-refractivity contribution in [2.24, 2.45) is 0 Å². The summed E-state index contributed by atoms with van der Waals surface area (Å²) in [6.45, 7) is 4.50. The predicted molar refractivity (Wildman–Crippen MR) is 148 cm³/mol. The van der Waals surface area contributed by atoms with E-state index in [9.17, 15) is 4.79 Å². The number of Topliss-reactive ketones (excluding diaryl/α,β-unsaturated/α-hetero) is 1. The van der Waals surface area contributed by atoms with Gasteiger partial charge in [-0.2, -0.15) is 0 Å². The molecule has 1 unspecified atom stereocenters. The first kappa shape index (κ1) is 24.6. The lowest BCUT2D eigenvalue weighted by Gasteiger charge is -2.12. The van der Waals surface area contributed by atoms with Crippen LogP contribution in [0.5, 0.6) is 17.2 Å². The Bertz CT molecular complexity index is 1680. The maximum absolute atomic E-state index is 11.4. The van der Waals surface area contributed by atoms with Crippen molar-refractivity contribution >= 4 is 22.6 Å². The molecule has 0 radical (unpaired) electrons. The molecule has 8 heteroatoms. The van der Waals surface area contributed by atoms with Gasteiger partial charge in [-0.15, -0.1) is 0 Å². The third-order valence-corrected chi connectivity index (χ3v) is 6.77. The summed E-state index contributed by atoms with van der Waals surface area (Å²) in [6, 6.07) is 23.2. The van der Waals surface area contributed by atoms with E-state index in [0.29, 0.717) is 42.7 Å². The number of hydrogen-bond donors (Lipinski definition) is 1. The Morgan fingerprint density at radius 2 is 1.77 bits per heavy atom. The summed E-state index contributed by atoms with van der Waals surface area (Å²) in [4.78, 5) is 20.1. The third kappa shape index (κ3) is 4.94. The molecule has 2 aromatic heterocycles. The predicted octanol–water partition coefficient (Wildman–Crippen LogP) is 6.10. The molecule has 1 aliphatic rings. The molecule has 5 aromatic rings. The van der Waals surface area contributed by atoms with Gasteiger partial charge in [0.25, 0.3) is 0 Å². The van der Waals surface area contributed by atoms with Gasteiger partial charge in [-0.3, -0.25) is 4.79 Å². The van der Waals surface area contributed by atoms with Crippen molar-refractivity contribution in [2.45, 2.75) is 39.6 Å². The second kappa shape index (κ2) is 10.2. The van der Waals surface area contributed by atoms with Gasteiger partial charge in [-0.1, -0.05) is 30.3 Å². The van der Waals surface area contributed by atoms with Gasteiger partial charge in [0.05, 0.1) is 18.4 Å². The van der Waals surface area contributed by atoms with E-state index in [2.05, 4.69) is 14.5 Å². The molecular weight excluding hydrogens is 492 g/mol. The minimum atomic E-state index is -0.0559. The van der Waals surface area contributed by atoms with Gasteiger partial charge in [-0.05, 0) is 61.4 Å². The van der Waals surface area contributed by atoms with E-state index in [1.54, 1.807) is 6.92 Å². The van der Waals surface area contributed by atoms with Crippen LogP contribution in [0.25, 0.3) is 16.7 Å². The maximum atomic E-state index is 11.4. The van der Waals surface area contributed by atoms with Crippen LogP contribution in [0.2, 0.25) is 0 Å². The quantitative estimate of drug-likeness (QED) is 0.264. The normalized spacial score (nSPS) is 14.4. The number of carbonyl (C=O) groups excluding carboxylic acids is 1. The standard InChI is InChI=1S/C31H28N4O4/c1-19(36)13-21-5-3-6-22(14-21)16-38-25-7-4-8-26(15-25)39-24-11-9-23(10-12-24)35-27-17-37-20(2)28(27)29-30(35)31(32)34-18-33-29/h3-12,14-15,18,20H,13,16-17H2,1-2H3,(H2,32,33,34). The van der Waals surface area contributed by atoms with Gasteiger partial charge in [-0.25, -0.2) is 9.97 Å². The van der Waals surface area contributed by atoms with Crippen LogP contribution in [-0.2, 0) is 29.2 Å². The van der Waals surface area contributed by atoms with E-state index in [4.69, 9.17) is 19.9 Å². The minimum absolute atomic E-state index is 0.0559. The molecule has 8 nitrogen and oxygen atoms in total. The van der Waals surface area contributed by atoms with E-state index in [1.165, 1.54) is 6.33 Å². The Hall–Kier alpha value is -4.69. The average molecular weight is 521 g/mol. The molecule has 3 aromatic carbocycles. The number of fused-ring (bicyclic) bond motifs is 3. The SMILES string of the molecule is CC(=O)Cc1cccc(COc2cccc(Oc3ccc(-n4c5c(c6ncnc(N)c64)C(C)OC5)cc3)c2)c1. The summed E-state index contributed by atoms with van der Waals surface area (Å²) in [5, 5.41) is 0. The number of anilines is 1. The van der Waals surface area contributed by atoms with Crippen molar-refractivity contribution in [3.8, 4) is 22.9 Å². The summed E-state index contributed by atoms with van der Waals surface area (Å²) in [6.07, 6.45) is 1.86. The number of hydrogen-bond acceptors (Lipinski definition) is 7. The first-order chi connectivity index (χ1) is 19.0. The smallest absolute Gasteiger partial charge is 0.151 e. The van der Waals surface area contributed by atoms with E-state index in [0.717, 1.165) is 39.1 Å². The summed E-state index contributed by atoms with van der Waals surface area (Å²) in [7, 11) is 0. The van der Waals surface area contributed by atoms with Gasteiger partial charge in [0.1, 0.15) is 47.0 Å². The van der Waals surface area contributed by atoms with E-state index >= 15 is 0 Å². The van der Waals surface area contributed by atoms with Crippen LogP contribution in [0.15, 0.2) is 79.1 Å². The number of nitrogens with zero attached hydrogens (tertiary/aromatic N) is 3. The summed E-state index contributed by atoms with van der Waals surface area (Å²) in [5.74, 6) is 2.62. The lowest BCUT2D eigenvalue weighted by molar-refractivity contribution is -0.116. The average Bonchev–Trinajstić information content (AvgIpc) is 3.47. The molecule has 0 fully saturated rings. The zero-order chi connectivity index (χ0) is 26.9. The molecule has 3 heterocycles. The fourth-order valence-corrected chi connectivity index (χ4v) is 5.05. The summed E-state index contributed by atoms with van der Waals surface area (Å²) in [5.41, 5.74) is 12.9. The Balaban J connectivity index is 1.19. The van der Waals surface area contributed by atoms with Gasteiger partial charge in [0, 0.05) is 23.7 Å². The second-order valence-electron chi connectivity index (χ2n) is 9.66. The number of carbonyl (C=O) groups is 1. The van der Waals surface area contributed by atoms with Gasteiger partial charge < -0.3 is 24.5 Å².